The molecule has 0 spiro atoms. The molecule has 0 bridgehead atoms. The molecule has 22 heavy (non-hydrogen) atoms. The molecule has 1 aliphatic heterocycles. The summed E-state index contributed by atoms with van der Waals surface area (Å²) in [5, 5.41) is 7.08. The largest absolute Gasteiger partial charge is 0.406 e. The third-order valence-corrected chi connectivity index (χ3v) is 4.06. The van der Waals surface area contributed by atoms with E-state index in [0.29, 0.717) is 6.54 Å². The molecule has 5 nitrogen and oxygen atoms in total. The summed E-state index contributed by atoms with van der Waals surface area (Å²) in [6.07, 6.45) is -2.56. The molecule has 1 saturated heterocycles. The fourth-order valence-corrected chi connectivity index (χ4v) is 3.04. The number of nitrogens with zero attached hydrogens (tertiary/aromatic N) is 3. The van der Waals surface area contributed by atoms with Crippen LogP contribution in [-0.4, -0.2) is 58.8 Å². The summed E-state index contributed by atoms with van der Waals surface area (Å²) in [4.78, 5) is 14.7. The van der Waals surface area contributed by atoms with Crippen LogP contribution < -0.4 is 0 Å². The average Bonchev–Trinajstić information content (AvgIpc) is 2.94. The SMILES string of the molecule is Cc1n[nH]c(C)c1C1CCCN1CC(=O)N(C)CC(F)(F)F. The number of carbonyl (C=O) groups excluding carboxylic acids is 1. The Morgan fingerprint density at radius 1 is 1.45 bits per heavy atom. The lowest BCUT2D eigenvalue weighted by Crippen LogP contribution is -2.42. The number of likely N-dealkylation sites (N-methyl/N-ethyl adjacent to an activating group) is 1. The van der Waals surface area contributed by atoms with Gasteiger partial charge >= 0.3 is 6.18 Å². The first-order chi connectivity index (χ1) is 10.2. The quantitative estimate of drug-likeness (QED) is 0.926. The molecule has 0 aromatic carbocycles. The van der Waals surface area contributed by atoms with E-state index in [0.717, 1.165) is 34.7 Å². The van der Waals surface area contributed by atoms with E-state index in [1.54, 1.807) is 0 Å². The normalized spacial score (nSPS) is 19.6. The average molecular weight is 318 g/mol. The van der Waals surface area contributed by atoms with Crippen molar-refractivity contribution in [1.29, 1.82) is 0 Å². The van der Waals surface area contributed by atoms with Crippen molar-refractivity contribution in [2.24, 2.45) is 0 Å². The van der Waals surface area contributed by atoms with Crippen molar-refractivity contribution in [3.05, 3.63) is 17.0 Å². The van der Waals surface area contributed by atoms with Crippen LogP contribution >= 0.6 is 0 Å². The van der Waals surface area contributed by atoms with Crippen LogP contribution in [0.25, 0.3) is 0 Å². The van der Waals surface area contributed by atoms with Gasteiger partial charge in [0.25, 0.3) is 0 Å². The summed E-state index contributed by atoms with van der Waals surface area (Å²) < 4.78 is 37.1. The standard InChI is InChI=1S/C14H21F3N4O/c1-9-13(10(2)19-18-9)11-5-4-6-21(11)7-12(22)20(3)8-14(15,16)17/h11H,4-8H2,1-3H3,(H,18,19). The Balaban J connectivity index is 2.04. The molecule has 8 heteroatoms. The van der Waals surface area contributed by atoms with Crippen molar-refractivity contribution < 1.29 is 18.0 Å². The van der Waals surface area contributed by atoms with Gasteiger partial charge in [0.15, 0.2) is 0 Å². The highest BCUT2D eigenvalue weighted by molar-refractivity contribution is 5.78. The van der Waals surface area contributed by atoms with E-state index in [1.807, 2.05) is 18.7 Å². The van der Waals surface area contributed by atoms with Gasteiger partial charge in [-0.05, 0) is 33.2 Å². The van der Waals surface area contributed by atoms with Crippen molar-refractivity contribution in [1.82, 2.24) is 20.0 Å². The highest BCUT2D eigenvalue weighted by Gasteiger charge is 2.34. The predicted molar refractivity (Wildman–Crippen MR) is 75.3 cm³/mol. The molecule has 1 aromatic rings. The number of hydrogen-bond acceptors (Lipinski definition) is 3. The highest BCUT2D eigenvalue weighted by atomic mass is 19.4. The monoisotopic (exact) mass is 318 g/mol. The molecule has 1 N–H and O–H groups in total. The Morgan fingerprint density at radius 2 is 2.14 bits per heavy atom. The molecule has 1 aromatic heterocycles. The number of H-pyrrole nitrogens is 1. The van der Waals surface area contributed by atoms with Crippen LogP contribution in [0.15, 0.2) is 0 Å². The van der Waals surface area contributed by atoms with Crippen LogP contribution in [0, 0.1) is 13.8 Å². The van der Waals surface area contributed by atoms with Gasteiger partial charge in [0, 0.05) is 24.3 Å². The lowest BCUT2D eigenvalue weighted by atomic mass is 10.0. The van der Waals surface area contributed by atoms with Crippen LogP contribution in [0.5, 0.6) is 0 Å². The summed E-state index contributed by atoms with van der Waals surface area (Å²) in [5.41, 5.74) is 2.89. The zero-order chi connectivity index (χ0) is 16.5. The molecule has 1 amide bonds. The highest BCUT2D eigenvalue weighted by Crippen LogP contribution is 2.34. The summed E-state index contributed by atoms with van der Waals surface area (Å²) in [5.74, 6) is -0.511. The smallest absolute Gasteiger partial charge is 0.336 e. The van der Waals surface area contributed by atoms with Crippen LogP contribution in [0.4, 0.5) is 13.2 Å². The first kappa shape index (κ1) is 16.8. The Labute approximate surface area is 127 Å². The molecule has 1 atom stereocenters. The second kappa shape index (κ2) is 6.28. The lowest BCUT2D eigenvalue weighted by molar-refractivity contribution is -0.159. The van der Waals surface area contributed by atoms with E-state index < -0.39 is 18.6 Å². The molecule has 124 valence electrons. The summed E-state index contributed by atoms with van der Waals surface area (Å²) in [6.45, 7) is 3.31. The van der Waals surface area contributed by atoms with E-state index in [9.17, 15) is 18.0 Å². The fraction of sp³-hybridized carbons (Fsp3) is 0.714. The Bertz CT molecular complexity index is 521. The molecule has 1 aliphatic rings. The van der Waals surface area contributed by atoms with Crippen LogP contribution in [-0.2, 0) is 4.79 Å². The Hall–Kier alpha value is -1.57. The van der Waals surface area contributed by atoms with Gasteiger partial charge in [-0.25, -0.2) is 0 Å². The third-order valence-electron chi connectivity index (χ3n) is 4.06. The van der Waals surface area contributed by atoms with Gasteiger partial charge in [0.2, 0.25) is 5.91 Å². The molecule has 0 saturated carbocycles. The van der Waals surface area contributed by atoms with Gasteiger partial charge in [-0.1, -0.05) is 0 Å². The minimum atomic E-state index is -4.37. The topological polar surface area (TPSA) is 52.2 Å². The van der Waals surface area contributed by atoms with Crippen molar-refractivity contribution in [3.63, 3.8) is 0 Å². The second-order valence-electron chi connectivity index (χ2n) is 5.84. The number of nitrogens with one attached hydrogen (secondary N) is 1. The van der Waals surface area contributed by atoms with E-state index in [1.165, 1.54) is 7.05 Å². The van der Waals surface area contributed by atoms with E-state index in [2.05, 4.69) is 10.2 Å². The number of alkyl halides is 3. The van der Waals surface area contributed by atoms with Crippen molar-refractivity contribution in [2.75, 3.05) is 26.7 Å². The van der Waals surface area contributed by atoms with Gasteiger partial charge in [-0.15, -0.1) is 0 Å². The maximum absolute atomic E-state index is 12.4. The third kappa shape index (κ3) is 3.79. The Morgan fingerprint density at radius 3 is 2.68 bits per heavy atom. The number of hydrogen-bond donors (Lipinski definition) is 1. The van der Waals surface area contributed by atoms with Crippen LogP contribution in [0.1, 0.15) is 35.8 Å². The van der Waals surface area contributed by atoms with Crippen molar-refractivity contribution >= 4 is 5.91 Å². The number of rotatable bonds is 4. The summed E-state index contributed by atoms with van der Waals surface area (Å²) in [7, 11) is 1.19. The van der Waals surface area contributed by atoms with Gasteiger partial charge in [0.05, 0.1) is 12.2 Å². The molecule has 1 fully saturated rings. The first-order valence-electron chi connectivity index (χ1n) is 7.25. The van der Waals surface area contributed by atoms with E-state index >= 15 is 0 Å². The summed E-state index contributed by atoms with van der Waals surface area (Å²) >= 11 is 0. The number of likely N-dealkylation sites (tertiary alicyclic amines) is 1. The molecule has 0 radical (unpaired) electrons. The molecular weight excluding hydrogens is 297 g/mol. The van der Waals surface area contributed by atoms with Gasteiger partial charge in [-0.3, -0.25) is 14.8 Å². The summed E-state index contributed by atoms with van der Waals surface area (Å²) in [6, 6.07) is 0.0435. The first-order valence-corrected chi connectivity index (χ1v) is 7.25. The number of aromatic amines is 1. The van der Waals surface area contributed by atoms with Gasteiger partial charge in [0.1, 0.15) is 6.54 Å². The van der Waals surface area contributed by atoms with Crippen LogP contribution in [0.3, 0.4) is 0 Å². The number of halogens is 3. The maximum atomic E-state index is 12.4. The van der Waals surface area contributed by atoms with E-state index in [-0.39, 0.29) is 12.6 Å². The molecule has 2 heterocycles. The van der Waals surface area contributed by atoms with Crippen molar-refractivity contribution in [2.45, 2.75) is 38.9 Å². The van der Waals surface area contributed by atoms with Gasteiger partial charge < -0.3 is 4.90 Å². The van der Waals surface area contributed by atoms with Crippen molar-refractivity contribution in [3.8, 4) is 0 Å². The minimum absolute atomic E-state index is 0.00130. The zero-order valence-corrected chi connectivity index (χ0v) is 13.0. The van der Waals surface area contributed by atoms with Crippen LogP contribution in [0.2, 0.25) is 0 Å². The maximum Gasteiger partial charge on any atom is 0.406 e. The molecule has 0 aliphatic carbocycles. The molecule has 1 unspecified atom stereocenters. The number of aromatic nitrogens is 2. The molecular formula is C14H21F3N4O. The number of aryl methyl sites for hydroxylation is 2. The number of amides is 1. The van der Waals surface area contributed by atoms with Gasteiger partial charge in [-0.2, -0.15) is 18.3 Å². The number of carbonyl (C=O) groups is 1. The minimum Gasteiger partial charge on any atom is -0.336 e. The Kier molecular flexibility index (Phi) is 4.79. The molecule has 2 rings (SSSR count). The predicted octanol–water partition coefficient (Wildman–Crippen LogP) is 2.18. The zero-order valence-electron chi connectivity index (χ0n) is 13.0. The lowest BCUT2D eigenvalue weighted by Gasteiger charge is -2.27. The van der Waals surface area contributed by atoms with E-state index in [4.69, 9.17) is 0 Å². The second-order valence-corrected chi connectivity index (χ2v) is 5.84. The fourth-order valence-electron chi connectivity index (χ4n) is 3.04.